The van der Waals surface area contributed by atoms with Crippen molar-refractivity contribution in [2.45, 2.75) is 0 Å². The fourth-order valence-corrected chi connectivity index (χ4v) is 0. The zero-order chi connectivity index (χ0) is 0. The summed E-state index contributed by atoms with van der Waals surface area (Å²) < 4.78 is 0. The van der Waals surface area contributed by atoms with Gasteiger partial charge in [-0.25, -0.2) is 0 Å². The van der Waals surface area contributed by atoms with Gasteiger partial charge in [0, 0.05) is 0 Å². The topological polar surface area (TPSA) is 57.0 Å². The van der Waals surface area contributed by atoms with Crippen LogP contribution in [-0.2, 0) is 11.0 Å². The SMILES string of the molecule is [Gd+3].[O-2].[O-2].[Th+4]. The van der Waals surface area contributed by atoms with E-state index in [1.807, 2.05) is 0 Å². The van der Waals surface area contributed by atoms with Crippen molar-refractivity contribution in [2.24, 2.45) is 0 Å². The first-order chi connectivity index (χ1) is 0. The standard InChI is InChI=1S/Gd.2O.Th/q+3;2*-2;+4. The van der Waals surface area contributed by atoms with Gasteiger partial charge in [0.15, 0.2) is 0 Å². The van der Waals surface area contributed by atoms with Gasteiger partial charge < -0.3 is 11.0 Å². The van der Waals surface area contributed by atoms with Crippen LogP contribution in [0.3, 0.4) is 0 Å². The fourth-order valence-electron chi connectivity index (χ4n) is 0. The van der Waals surface area contributed by atoms with Crippen LogP contribution in [0.1, 0.15) is 0 Å². The van der Waals surface area contributed by atoms with Crippen LogP contribution in [0.5, 0.6) is 0 Å². The summed E-state index contributed by atoms with van der Waals surface area (Å²) in [5.41, 5.74) is 0. The third kappa shape index (κ3) is 8.82. The van der Waals surface area contributed by atoms with Crippen molar-refractivity contribution in [3.63, 3.8) is 0 Å². The molecule has 0 atom stereocenters. The maximum atomic E-state index is 0. The Morgan fingerprint density at radius 3 is 0.750 bits per heavy atom. The third-order valence-corrected chi connectivity index (χ3v) is 0. The second-order valence-corrected chi connectivity index (χ2v) is 0. The summed E-state index contributed by atoms with van der Waals surface area (Å²) in [4.78, 5) is 0. The summed E-state index contributed by atoms with van der Waals surface area (Å²) >= 11 is 0. The molecule has 0 bridgehead atoms. The van der Waals surface area contributed by atoms with Crippen LogP contribution in [0.15, 0.2) is 0 Å². The van der Waals surface area contributed by atoms with E-state index in [9.17, 15) is 0 Å². The summed E-state index contributed by atoms with van der Waals surface area (Å²) in [6.07, 6.45) is 0. The van der Waals surface area contributed by atoms with Gasteiger partial charge in [-0.3, -0.25) is 0 Å². The van der Waals surface area contributed by atoms with Gasteiger partial charge in [-0.05, 0) is 0 Å². The largest absolute Gasteiger partial charge is 4.00 e. The average molecular weight is 421 g/mol. The Bertz CT molecular complexity index is 6.00. The van der Waals surface area contributed by atoms with Crippen LogP contribution in [0.2, 0.25) is 0 Å². The smallest absolute Gasteiger partial charge is 2.00 e. The molecule has 0 aliphatic carbocycles. The van der Waals surface area contributed by atoms with Crippen molar-refractivity contribution >= 4 is 0 Å². The van der Waals surface area contributed by atoms with Crippen LogP contribution >= 0.6 is 0 Å². The quantitative estimate of drug-likeness (QED) is 0.519. The van der Waals surface area contributed by atoms with E-state index >= 15 is 0 Å². The molecule has 1 radical (unpaired) electrons. The van der Waals surface area contributed by atoms with Crippen LogP contribution in [0, 0.1) is 79.9 Å². The Kier molecular flexibility index (Phi) is 136. The average Bonchev–Trinajstić information content (AvgIpc) is 0. The minimum atomic E-state index is 0. The molecule has 0 saturated heterocycles. The summed E-state index contributed by atoms with van der Waals surface area (Å²) in [5, 5.41) is 0. The predicted octanol–water partition coefficient (Wildman–Crippen LogP) is -0.238. The van der Waals surface area contributed by atoms with E-state index in [0.717, 1.165) is 0 Å². The zero-order valence-electron chi connectivity index (χ0n) is 1.67. The van der Waals surface area contributed by atoms with E-state index in [1.165, 1.54) is 0 Å². The fraction of sp³-hybridized carbons (Fsp3) is 0. The molecule has 2 nitrogen and oxygen atoms in total. The second-order valence-electron chi connectivity index (χ2n) is 0. The molecule has 0 heterocycles. The number of hydrogen-bond donors (Lipinski definition) is 0. The Balaban J connectivity index is 0. The molecule has 21 valence electrons. The van der Waals surface area contributed by atoms with Crippen molar-refractivity contribution in [1.29, 1.82) is 0 Å². The maximum Gasteiger partial charge on any atom is 4.00 e. The van der Waals surface area contributed by atoms with Crippen LogP contribution in [-0.4, -0.2) is 0 Å². The molecule has 0 aliphatic rings. The van der Waals surface area contributed by atoms with Crippen molar-refractivity contribution in [3.8, 4) is 0 Å². The van der Waals surface area contributed by atoms with Gasteiger partial charge in [-0.1, -0.05) is 0 Å². The molecule has 0 amide bonds. The molecule has 0 aromatic carbocycles. The Labute approximate surface area is 88.7 Å². The van der Waals surface area contributed by atoms with Crippen molar-refractivity contribution in [3.05, 3.63) is 0 Å². The molecule has 0 aromatic rings. The molecule has 0 rings (SSSR count). The van der Waals surface area contributed by atoms with Gasteiger partial charge in [0.05, 0.1) is 0 Å². The molecule has 0 N–H and O–H groups in total. The predicted molar refractivity (Wildman–Crippen MR) is 1.37 cm³/mol. The minimum absolute atomic E-state index is 0. The summed E-state index contributed by atoms with van der Waals surface area (Å²) in [6, 6.07) is 0. The van der Waals surface area contributed by atoms with Gasteiger partial charge in [0.1, 0.15) is 0 Å². The molecule has 0 aliphatic heterocycles. The molecule has 0 fully saturated rings. The van der Waals surface area contributed by atoms with E-state index in [0.29, 0.717) is 0 Å². The van der Waals surface area contributed by atoms with E-state index in [-0.39, 0.29) is 90.8 Å². The first kappa shape index (κ1) is 30.9. The molecule has 0 spiro atoms. The normalized spacial score (nSPS) is 0. The molecule has 0 aromatic heterocycles. The zero-order valence-corrected chi connectivity index (χ0v) is 8.05. The minimum Gasteiger partial charge on any atom is -2.00 e. The van der Waals surface area contributed by atoms with Gasteiger partial charge in [0.25, 0.3) is 0 Å². The second kappa shape index (κ2) is 17.6. The number of hydrogen-bond acceptors (Lipinski definition) is 0. The first-order valence-electron chi connectivity index (χ1n) is 0. The van der Waals surface area contributed by atoms with Crippen molar-refractivity contribution < 1.29 is 90.8 Å². The summed E-state index contributed by atoms with van der Waals surface area (Å²) in [5.74, 6) is 0. The number of rotatable bonds is 0. The van der Waals surface area contributed by atoms with E-state index in [4.69, 9.17) is 0 Å². The van der Waals surface area contributed by atoms with E-state index < -0.39 is 0 Å². The molecule has 4 heavy (non-hydrogen) atoms. The van der Waals surface area contributed by atoms with Gasteiger partial charge in [-0.15, -0.1) is 0 Å². The molecule has 0 unspecified atom stereocenters. The van der Waals surface area contributed by atoms with Gasteiger partial charge >= 0.3 is 79.9 Å². The monoisotopic (exact) mass is 422 g/mol. The molecule has 4 heteroatoms. The van der Waals surface area contributed by atoms with Crippen molar-refractivity contribution in [2.75, 3.05) is 0 Å². The molecular weight excluding hydrogens is 421 g/mol. The van der Waals surface area contributed by atoms with E-state index in [2.05, 4.69) is 0 Å². The van der Waals surface area contributed by atoms with Crippen molar-refractivity contribution in [1.82, 2.24) is 0 Å². The third-order valence-electron chi connectivity index (χ3n) is 0. The summed E-state index contributed by atoms with van der Waals surface area (Å²) in [7, 11) is 0. The van der Waals surface area contributed by atoms with E-state index in [1.54, 1.807) is 0 Å². The van der Waals surface area contributed by atoms with Crippen LogP contribution in [0.4, 0.5) is 0 Å². The Hall–Kier alpha value is 2.57. The van der Waals surface area contributed by atoms with Gasteiger partial charge in [0.2, 0.25) is 0 Å². The van der Waals surface area contributed by atoms with Crippen LogP contribution in [0.25, 0.3) is 0 Å². The Morgan fingerprint density at radius 2 is 0.750 bits per heavy atom. The Morgan fingerprint density at radius 1 is 0.750 bits per heavy atom. The maximum absolute atomic E-state index is 0. The summed E-state index contributed by atoms with van der Waals surface area (Å²) in [6.45, 7) is 0. The molecule has 0 saturated carbocycles. The first-order valence-corrected chi connectivity index (χ1v) is 0. The molecular formula is GdO2Th+3. The van der Waals surface area contributed by atoms with Crippen LogP contribution < -0.4 is 0 Å². The van der Waals surface area contributed by atoms with Gasteiger partial charge in [-0.2, -0.15) is 0 Å².